The predicted molar refractivity (Wildman–Crippen MR) is 84.0 cm³/mol. The quantitative estimate of drug-likeness (QED) is 0.605. The number of ether oxygens (including phenoxy) is 1. The van der Waals surface area contributed by atoms with E-state index in [0.29, 0.717) is 4.68 Å². The van der Waals surface area contributed by atoms with E-state index in [0.717, 1.165) is 6.08 Å². The highest BCUT2D eigenvalue weighted by molar-refractivity contribution is 6.30. The van der Waals surface area contributed by atoms with Gasteiger partial charge in [-0.15, -0.1) is 5.10 Å². The van der Waals surface area contributed by atoms with E-state index < -0.39 is 23.6 Å². The molecule has 2 rings (SSSR count). The lowest BCUT2D eigenvalue weighted by Crippen LogP contribution is -2.22. The summed E-state index contributed by atoms with van der Waals surface area (Å²) in [6, 6.07) is 4.10. The molecule has 1 aromatic carbocycles. The molecule has 0 aliphatic heterocycles. The van der Waals surface area contributed by atoms with Crippen LogP contribution in [0.5, 0.6) is 0 Å². The second kappa shape index (κ2) is 6.83. The largest absolute Gasteiger partial charge is 0.457 e. The van der Waals surface area contributed by atoms with Gasteiger partial charge in [0.2, 0.25) is 0 Å². The Kier molecular flexibility index (Phi) is 5.17. The average molecular weight is 375 g/mol. The molecular formula is C15H14ClF3N4O2. The zero-order valence-corrected chi connectivity index (χ0v) is 14.3. The first-order valence-electron chi connectivity index (χ1n) is 7.04. The summed E-state index contributed by atoms with van der Waals surface area (Å²) < 4.78 is 44.6. The van der Waals surface area contributed by atoms with Crippen LogP contribution in [0.4, 0.5) is 13.2 Å². The van der Waals surface area contributed by atoms with Crippen molar-refractivity contribution in [3.05, 3.63) is 40.7 Å². The fraction of sp³-hybridized carbons (Fsp3) is 0.333. The van der Waals surface area contributed by atoms with Crippen molar-refractivity contribution in [1.29, 1.82) is 0 Å². The van der Waals surface area contributed by atoms with Crippen molar-refractivity contribution in [3.63, 3.8) is 0 Å². The Hall–Kier alpha value is -2.42. The molecule has 0 atom stereocenters. The first kappa shape index (κ1) is 18.9. The molecule has 0 radical (unpaired) electrons. The van der Waals surface area contributed by atoms with Gasteiger partial charge in [0.1, 0.15) is 5.60 Å². The second-order valence-corrected chi connectivity index (χ2v) is 6.42. The molecule has 0 N–H and O–H groups in total. The van der Waals surface area contributed by atoms with Crippen molar-refractivity contribution >= 4 is 23.6 Å². The van der Waals surface area contributed by atoms with Gasteiger partial charge in [0.15, 0.2) is 0 Å². The van der Waals surface area contributed by atoms with Crippen LogP contribution in [0.25, 0.3) is 11.8 Å². The van der Waals surface area contributed by atoms with E-state index in [4.69, 9.17) is 16.3 Å². The minimum Gasteiger partial charge on any atom is -0.457 e. The smallest absolute Gasteiger partial charge is 0.453 e. The van der Waals surface area contributed by atoms with Crippen LogP contribution in [0.1, 0.15) is 32.2 Å². The Morgan fingerprint density at radius 3 is 2.56 bits per heavy atom. The number of alkyl halides is 3. The van der Waals surface area contributed by atoms with Gasteiger partial charge in [-0.1, -0.05) is 11.6 Å². The number of esters is 1. The average Bonchev–Trinajstić information content (AvgIpc) is 2.92. The van der Waals surface area contributed by atoms with Crippen molar-refractivity contribution in [1.82, 2.24) is 20.2 Å². The second-order valence-electron chi connectivity index (χ2n) is 5.98. The van der Waals surface area contributed by atoms with Gasteiger partial charge in [-0.2, -0.15) is 17.9 Å². The van der Waals surface area contributed by atoms with Crippen molar-refractivity contribution < 1.29 is 22.7 Å². The third-order valence-electron chi connectivity index (χ3n) is 2.75. The van der Waals surface area contributed by atoms with Crippen LogP contribution < -0.4 is 0 Å². The van der Waals surface area contributed by atoms with Crippen molar-refractivity contribution in [2.45, 2.75) is 32.5 Å². The highest BCUT2D eigenvalue weighted by atomic mass is 35.5. The lowest BCUT2D eigenvalue weighted by molar-refractivity contribution is -0.148. The molecule has 0 aliphatic rings. The third-order valence-corrected chi connectivity index (χ3v) is 2.98. The summed E-state index contributed by atoms with van der Waals surface area (Å²) in [4.78, 5) is 11.8. The molecule has 0 unspecified atom stereocenters. The number of nitrogens with zero attached hydrogens (tertiary/aromatic N) is 4. The molecule has 134 valence electrons. The molecule has 0 fully saturated rings. The van der Waals surface area contributed by atoms with Gasteiger partial charge in [0.05, 0.1) is 5.69 Å². The lowest BCUT2D eigenvalue weighted by Gasteiger charge is -2.18. The van der Waals surface area contributed by atoms with Crippen LogP contribution in [0.2, 0.25) is 5.02 Å². The molecule has 6 nitrogen and oxygen atoms in total. The van der Waals surface area contributed by atoms with Crippen LogP contribution in [0.3, 0.4) is 0 Å². The number of aromatic nitrogens is 4. The van der Waals surface area contributed by atoms with Crippen LogP contribution in [-0.4, -0.2) is 31.8 Å². The Labute approximate surface area is 146 Å². The van der Waals surface area contributed by atoms with Gasteiger partial charge in [-0.05, 0) is 55.5 Å². The monoisotopic (exact) mass is 374 g/mol. The van der Waals surface area contributed by atoms with Crippen molar-refractivity contribution in [3.8, 4) is 5.69 Å². The van der Waals surface area contributed by atoms with Gasteiger partial charge in [0.25, 0.3) is 5.82 Å². The van der Waals surface area contributed by atoms with E-state index >= 15 is 0 Å². The summed E-state index contributed by atoms with van der Waals surface area (Å²) in [5.41, 5.74) is -0.463. The van der Waals surface area contributed by atoms with Gasteiger partial charge in [-0.3, -0.25) is 0 Å². The van der Waals surface area contributed by atoms with Crippen LogP contribution in [-0.2, 0) is 15.7 Å². The van der Waals surface area contributed by atoms with Gasteiger partial charge < -0.3 is 4.74 Å². The van der Waals surface area contributed by atoms with E-state index in [-0.39, 0.29) is 16.3 Å². The van der Waals surface area contributed by atoms with Gasteiger partial charge in [0, 0.05) is 16.7 Å². The summed E-state index contributed by atoms with van der Waals surface area (Å²) in [5.74, 6) is -1.94. The SMILES string of the molecule is CC(C)(C)OC(=O)C=Cc1cc(Cl)ccc1-n1nnnc1C(F)(F)F. The fourth-order valence-corrected chi connectivity index (χ4v) is 2.05. The topological polar surface area (TPSA) is 69.9 Å². The van der Waals surface area contributed by atoms with Crippen molar-refractivity contribution in [2.75, 3.05) is 0 Å². The summed E-state index contributed by atoms with van der Waals surface area (Å²) in [6.07, 6.45) is -2.36. The van der Waals surface area contributed by atoms with E-state index in [1.807, 2.05) is 0 Å². The summed E-state index contributed by atoms with van der Waals surface area (Å²) >= 11 is 5.90. The maximum Gasteiger partial charge on any atom is 0.453 e. The first-order chi connectivity index (χ1) is 11.5. The molecule has 0 spiro atoms. The van der Waals surface area contributed by atoms with Crippen LogP contribution in [0.15, 0.2) is 24.3 Å². The molecule has 0 bridgehead atoms. The standard InChI is InChI=1S/C15H14ClF3N4O2/c1-14(2,3)25-12(24)7-4-9-8-10(16)5-6-11(9)23-13(15(17,18)19)20-21-22-23/h4-8H,1-3H3. The zero-order valence-electron chi connectivity index (χ0n) is 13.5. The maximum absolute atomic E-state index is 13.0. The molecule has 0 saturated carbocycles. The normalized spacial score (nSPS) is 12.6. The van der Waals surface area contributed by atoms with E-state index in [1.165, 1.54) is 24.3 Å². The molecular weight excluding hydrogens is 361 g/mol. The third kappa shape index (κ3) is 5.02. The maximum atomic E-state index is 13.0. The predicted octanol–water partition coefficient (Wildman–Crippen LogP) is 3.69. The highest BCUT2D eigenvalue weighted by Crippen LogP contribution is 2.30. The Morgan fingerprint density at radius 1 is 1.28 bits per heavy atom. The van der Waals surface area contributed by atoms with Gasteiger partial charge in [-0.25, -0.2) is 4.79 Å². The summed E-state index contributed by atoms with van der Waals surface area (Å²) in [6.45, 7) is 5.08. The lowest BCUT2D eigenvalue weighted by atomic mass is 10.1. The minimum atomic E-state index is -4.74. The molecule has 10 heteroatoms. The first-order valence-corrected chi connectivity index (χ1v) is 7.42. The minimum absolute atomic E-state index is 0.0153. The zero-order chi connectivity index (χ0) is 18.8. The van der Waals surface area contributed by atoms with Crippen molar-refractivity contribution in [2.24, 2.45) is 0 Å². The molecule has 0 aliphatic carbocycles. The Balaban J connectivity index is 2.43. The van der Waals surface area contributed by atoms with Crippen LogP contribution >= 0.6 is 11.6 Å². The number of benzene rings is 1. The van der Waals surface area contributed by atoms with Gasteiger partial charge >= 0.3 is 12.1 Å². The molecule has 0 saturated heterocycles. The highest BCUT2D eigenvalue weighted by Gasteiger charge is 2.38. The number of hydrogen-bond acceptors (Lipinski definition) is 5. The summed E-state index contributed by atoms with van der Waals surface area (Å²) in [5, 5.41) is 9.71. The van der Waals surface area contributed by atoms with Crippen LogP contribution in [0, 0.1) is 0 Å². The number of carbonyl (C=O) groups is 1. The number of rotatable bonds is 3. The number of tetrazole rings is 1. The Morgan fingerprint density at radius 2 is 1.96 bits per heavy atom. The molecule has 25 heavy (non-hydrogen) atoms. The number of carbonyl (C=O) groups excluding carboxylic acids is 1. The molecule has 0 amide bonds. The Bertz CT molecular complexity index is 810. The molecule has 2 aromatic rings. The molecule has 1 heterocycles. The summed E-state index contributed by atoms with van der Waals surface area (Å²) in [7, 11) is 0. The van der Waals surface area contributed by atoms with E-state index in [1.54, 1.807) is 20.8 Å². The fourth-order valence-electron chi connectivity index (χ4n) is 1.87. The van der Waals surface area contributed by atoms with E-state index in [9.17, 15) is 18.0 Å². The number of hydrogen-bond donors (Lipinski definition) is 0. The number of halogens is 4. The van der Waals surface area contributed by atoms with E-state index in [2.05, 4.69) is 15.5 Å². The molecule has 1 aromatic heterocycles.